The molecule has 14 nitrogen and oxygen atoms in total. The molecule has 192 valence electrons. The normalized spacial score (nSPS) is 22.6. The van der Waals surface area contributed by atoms with Gasteiger partial charge in [-0.25, -0.2) is 14.6 Å². The highest BCUT2D eigenvalue weighted by Crippen LogP contribution is 2.40. The number of anilines is 1. The maximum Gasteiger partial charge on any atom is 0.352 e. The number of β-lactam (4-membered cyclic amide) rings is 1. The predicted octanol–water partition coefficient (Wildman–Crippen LogP) is -0.245. The van der Waals surface area contributed by atoms with Gasteiger partial charge in [-0.2, -0.15) is 0 Å². The van der Waals surface area contributed by atoms with Gasteiger partial charge >= 0.3 is 17.9 Å². The van der Waals surface area contributed by atoms with Gasteiger partial charge in [0.1, 0.15) is 29.4 Å². The van der Waals surface area contributed by atoms with Crippen LogP contribution in [-0.4, -0.2) is 84.9 Å². The Kier molecular flexibility index (Phi) is 6.90. The molecule has 16 heteroatoms. The highest BCUT2D eigenvalue weighted by molar-refractivity contribution is 8.00. The zero-order chi connectivity index (χ0) is 26.2. The Labute approximate surface area is 211 Å². The van der Waals surface area contributed by atoms with Crippen LogP contribution in [0.25, 0.3) is 0 Å². The van der Waals surface area contributed by atoms with Crippen molar-refractivity contribution in [2.75, 3.05) is 18.1 Å². The molecule has 1 aromatic heterocycles. The SMILES string of the molecule is CC(=O)OCC1=C(C(=O)O)N2C(=O)[C@@H](NC(=O)C(=NOC3(C(=O)O)CCC3)c3csc(N)n3)[C@H]2SC1. The number of fused-ring (bicyclic) bond motifs is 1. The summed E-state index contributed by atoms with van der Waals surface area (Å²) in [6, 6.07) is -1.09. The first kappa shape index (κ1) is 25.4. The van der Waals surface area contributed by atoms with E-state index in [-0.39, 0.29) is 53.0 Å². The fourth-order valence-electron chi connectivity index (χ4n) is 3.77. The second-order valence-corrected chi connectivity index (χ2v) is 10.1. The first-order valence-corrected chi connectivity index (χ1v) is 12.5. The molecule has 2 fully saturated rings. The van der Waals surface area contributed by atoms with Gasteiger partial charge in [0.05, 0.1) is 0 Å². The van der Waals surface area contributed by atoms with Gasteiger partial charge in [-0.3, -0.25) is 19.3 Å². The number of nitrogens with one attached hydrogen (secondary N) is 1. The number of amides is 2. The van der Waals surface area contributed by atoms with Gasteiger partial charge in [-0.15, -0.1) is 23.1 Å². The van der Waals surface area contributed by atoms with E-state index in [1.807, 2.05) is 0 Å². The highest BCUT2D eigenvalue weighted by Gasteiger charge is 2.54. The Morgan fingerprint density at radius 2 is 2.06 bits per heavy atom. The van der Waals surface area contributed by atoms with Crippen LogP contribution < -0.4 is 11.1 Å². The van der Waals surface area contributed by atoms with Crippen molar-refractivity contribution in [1.82, 2.24) is 15.2 Å². The number of thioether (sulfide) groups is 1. The van der Waals surface area contributed by atoms with E-state index in [1.54, 1.807) is 0 Å². The van der Waals surface area contributed by atoms with Crippen LogP contribution in [0.4, 0.5) is 5.13 Å². The lowest BCUT2D eigenvalue weighted by molar-refractivity contribution is -0.178. The number of hydrogen-bond acceptors (Lipinski definition) is 12. The zero-order valence-electron chi connectivity index (χ0n) is 18.8. The fourth-order valence-corrected chi connectivity index (χ4v) is 5.64. The number of carbonyl (C=O) groups is 5. The minimum Gasteiger partial charge on any atom is -0.478 e. The van der Waals surface area contributed by atoms with Gasteiger partial charge < -0.3 is 30.8 Å². The molecule has 3 heterocycles. The molecule has 0 aromatic carbocycles. The molecule has 0 bridgehead atoms. The Hall–Kier alpha value is -3.66. The molecule has 4 rings (SSSR count). The molecule has 0 spiro atoms. The molecule has 1 aliphatic carbocycles. The molecule has 5 N–H and O–H groups in total. The first-order chi connectivity index (χ1) is 17.0. The molecule has 36 heavy (non-hydrogen) atoms. The summed E-state index contributed by atoms with van der Waals surface area (Å²) < 4.78 is 4.89. The summed E-state index contributed by atoms with van der Waals surface area (Å²) in [5.41, 5.74) is 3.74. The summed E-state index contributed by atoms with van der Waals surface area (Å²) in [7, 11) is 0. The largest absolute Gasteiger partial charge is 0.478 e. The van der Waals surface area contributed by atoms with Crippen molar-refractivity contribution in [2.45, 2.75) is 43.2 Å². The number of nitrogens with zero attached hydrogens (tertiary/aromatic N) is 3. The molecule has 0 radical (unpaired) electrons. The molecule has 3 aliphatic rings. The molecule has 0 unspecified atom stereocenters. The van der Waals surface area contributed by atoms with E-state index < -0.39 is 46.7 Å². The average molecular weight is 540 g/mol. The van der Waals surface area contributed by atoms with Gasteiger partial charge in [0.15, 0.2) is 10.8 Å². The number of nitrogen functional groups attached to an aromatic ring is 1. The summed E-state index contributed by atoms with van der Waals surface area (Å²) >= 11 is 2.21. The number of carboxylic acid groups (broad SMARTS) is 2. The zero-order valence-corrected chi connectivity index (χ0v) is 20.4. The summed E-state index contributed by atoms with van der Waals surface area (Å²) in [6.45, 7) is 0.907. The third-order valence-corrected chi connectivity index (χ3v) is 7.84. The van der Waals surface area contributed by atoms with E-state index in [9.17, 15) is 34.2 Å². The number of carboxylic acids is 2. The predicted molar refractivity (Wildman–Crippen MR) is 125 cm³/mol. The van der Waals surface area contributed by atoms with E-state index in [4.69, 9.17) is 15.3 Å². The number of aromatic nitrogens is 1. The van der Waals surface area contributed by atoms with E-state index in [1.165, 1.54) is 24.1 Å². The summed E-state index contributed by atoms with van der Waals surface area (Å²) in [4.78, 5) is 70.9. The average Bonchev–Trinajstić information content (AvgIpc) is 3.22. The van der Waals surface area contributed by atoms with E-state index in [2.05, 4.69) is 15.5 Å². The first-order valence-electron chi connectivity index (χ1n) is 10.6. The van der Waals surface area contributed by atoms with Crippen LogP contribution in [0.3, 0.4) is 0 Å². The number of oxime groups is 1. The molecule has 1 saturated carbocycles. The number of aliphatic carboxylic acids is 2. The van der Waals surface area contributed by atoms with Crippen molar-refractivity contribution in [3.05, 3.63) is 22.3 Å². The van der Waals surface area contributed by atoms with Crippen molar-refractivity contribution >= 4 is 63.7 Å². The van der Waals surface area contributed by atoms with Crippen molar-refractivity contribution in [3.8, 4) is 0 Å². The summed E-state index contributed by atoms with van der Waals surface area (Å²) in [5.74, 6) is -4.57. The second-order valence-electron chi connectivity index (χ2n) is 8.15. The Morgan fingerprint density at radius 1 is 1.33 bits per heavy atom. The monoisotopic (exact) mass is 539 g/mol. The lowest BCUT2D eigenvalue weighted by atomic mass is 9.80. The molecular formula is C20H21N5O9S2. The number of thiazole rings is 1. The van der Waals surface area contributed by atoms with Crippen LogP contribution >= 0.6 is 23.1 Å². The third kappa shape index (κ3) is 4.60. The van der Waals surface area contributed by atoms with Gasteiger partial charge in [-0.05, 0) is 6.42 Å². The van der Waals surface area contributed by atoms with E-state index in [0.717, 1.165) is 16.2 Å². The second kappa shape index (κ2) is 9.77. The third-order valence-electron chi connectivity index (χ3n) is 5.83. The summed E-state index contributed by atoms with van der Waals surface area (Å²) in [5, 5.41) is 26.3. The van der Waals surface area contributed by atoms with Gasteiger partial charge in [-0.1, -0.05) is 5.16 Å². The lowest BCUT2D eigenvalue weighted by Crippen LogP contribution is -2.71. The molecule has 1 aromatic rings. The maximum atomic E-state index is 13.1. The quantitative estimate of drug-likeness (QED) is 0.139. The van der Waals surface area contributed by atoms with E-state index in [0.29, 0.717) is 6.42 Å². The molecule has 2 amide bonds. The van der Waals surface area contributed by atoms with Crippen LogP contribution in [0, 0.1) is 0 Å². The molecule has 2 aliphatic heterocycles. The van der Waals surface area contributed by atoms with Crippen LogP contribution in [0.1, 0.15) is 31.9 Å². The van der Waals surface area contributed by atoms with Crippen LogP contribution in [-0.2, 0) is 33.5 Å². The summed E-state index contributed by atoms with van der Waals surface area (Å²) in [6.07, 6.45) is 1.06. The molecule has 1 saturated heterocycles. The maximum absolute atomic E-state index is 13.1. The lowest BCUT2D eigenvalue weighted by Gasteiger charge is -2.49. The Morgan fingerprint density at radius 3 is 2.58 bits per heavy atom. The number of carbonyl (C=O) groups excluding carboxylic acids is 3. The van der Waals surface area contributed by atoms with E-state index >= 15 is 0 Å². The number of hydrogen-bond donors (Lipinski definition) is 4. The standard InChI is InChI=1S/C20H21N5O9S2/c1-8(26)33-5-9-6-35-16-12(15(28)25(16)13(9)17(29)30)23-14(27)11(10-7-36-19(21)22-10)24-34-20(18(31)32)3-2-4-20/h7,12,16H,2-6H2,1H3,(H2,21,22)(H,23,27)(H,29,30)(H,31,32)/t12-,16-/m1/s1. The van der Waals surface area contributed by atoms with Crippen LogP contribution in [0.2, 0.25) is 0 Å². The molecular weight excluding hydrogens is 518 g/mol. The number of ether oxygens (including phenoxy) is 1. The van der Waals surface area contributed by atoms with Gasteiger partial charge in [0.2, 0.25) is 5.60 Å². The minimum atomic E-state index is -1.55. The van der Waals surface area contributed by atoms with Crippen molar-refractivity contribution in [3.63, 3.8) is 0 Å². The molecule has 2 atom stereocenters. The van der Waals surface area contributed by atoms with Crippen molar-refractivity contribution in [2.24, 2.45) is 5.16 Å². The number of rotatable bonds is 9. The minimum absolute atomic E-state index is 0.0320. The van der Waals surface area contributed by atoms with Crippen molar-refractivity contribution in [1.29, 1.82) is 0 Å². The van der Waals surface area contributed by atoms with Gasteiger partial charge in [0.25, 0.3) is 11.8 Å². The topological polar surface area (TPSA) is 211 Å². The Balaban J connectivity index is 1.54. The van der Waals surface area contributed by atoms with Crippen molar-refractivity contribution < 1.29 is 43.8 Å². The highest BCUT2D eigenvalue weighted by atomic mass is 32.2. The smallest absolute Gasteiger partial charge is 0.352 e. The Bertz CT molecular complexity index is 1210. The number of esters is 1. The fraction of sp³-hybridized carbons (Fsp3) is 0.450. The van der Waals surface area contributed by atoms with Crippen LogP contribution in [0.15, 0.2) is 21.8 Å². The number of nitrogens with two attached hydrogens (primary N) is 1. The van der Waals surface area contributed by atoms with Crippen LogP contribution in [0.5, 0.6) is 0 Å². The van der Waals surface area contributed by atoms with Gasteiger partial charge in [0, 0.05) is 36.5 Å².